The maximum atomic E-state index is 6.75. The Morgan fingerprint density at radius 2 is 1.67 bits per heavy atom. The predicted octanol–water partition coefficient (Wildman–Crippen LogP) is 8.67. The van der Waals surface area contributed by atoms with E-state index in [1.165, 1.54) is 5.39 Å². The molecule has 1 atom stereocenters. The molecule has 5 heterocycles. The Morgan fingerprint density at radius 1 is 0.788 bits per heavy atom. The standard InChI is InChI=1S/C27H15NO3PS/c1-2-15-18-12-13-21-23(15)25-24-20(30-27(25)33-21)11-10-17-16-7-3-4-8-19(16)31-32(26(17)24)28-14-6-5-9-22(28)29-18/h2-14H,1H2/q+1. The molecule has 0 fully saturated rings. The van der Waals surface area contributed by atoms with E-state index in [-0.39, 0.29) is 0 Å². The lowest BCUT2D eigenvalue weighted by Gasteiger charge is -2.06. The van der Waals surface area contributed by atoms with Crippen LogP contribution in [-0.2, 0) is 0 Å². The fraction of sp³-hybridized carbons (Fsp3) is 0. The fourth-order valence-electron chi connectivity index (χ4n) is 5.00. The van der Waals surface area contributed by atoms with Gasteiger partial charge in [-0.2, -0.15) is 0 Å². The Morgan fingerprint density at radius 3 is 2.61 bits per heavy atom. The van der Waals surface area contributed by atoms with E-state index >= 15 is 0 Å². The zero-order valence-corrected chi connectivity index (χ0v) is 19.0. The third-order valence-electron chi connectivity index (χ3n) is 6.39. The van der Waals surface area contributed by atoms with Crippen molar-refractivity contribution in [1.29, 1.82) is 0 Å². The number of aromatic nitrogens is 1. The number of hydrogen-bond acceptors (Lipinski definition) is 4. The first-order valence-electron chi connectivity index (χ1n) is 10.7. The van der Waals surface area contributed by atoms with Gasteiger partial charge in [0.25, 0.3) is 0 Å². The van der Waals surface area contributed by atoms with Crippen LogP contribution in [0.3, 0.4) is 0 Å². The molecule has 0 aliphatic carbocycles. The topological polar surface area (TPSA) is 43.5 Å². The second-order valence-corrected chi connectivity index (χ2v) is 10.7. The third-order valence-corrected chi connectivity index (χ3v) is 9.36. The molecule has 0 radical (unpaired) electrons. The molecule has 3 aromatic carbocycles. The smallest absolute Gasteiger partial charge is 0.382 e. The van der Waals surface area contributed by atoms with Crippen LogP contribution < -0.4 is 4.16 Å². The van der Waals surface area contributed by atoms with Crippen molar-refractivity contribution in [3.8, 4) is 0 Å². The molecule has 2 bridgehead atoms. The summed E-state index contributed by atoms with van der Waals surface area (Å²) in [6.07, 6.45) is 3.93. The normalized spacial score (nSPS) is 12.9. The summed E-state index contributed by atoms with van der Waals surface area (Å²) in [5.41, 5.74) is 4.26. The molecule has 8 aromatic rings. The lowest BCUT2D eigenvalue weighted by Crippen LogP contribution is -2.15. The minimum absolute atomic E-state index is 0.729. The van der Waals surface area contributed by atoms with Crippen LogP contribution in [0.1, 0.15) is 5.56 Å². The highest BCUT2D eigenvalue weighted by molar-refractivity contribution is 7.39. The highest BCUT2D eigenvalue weighted by Gasteiger charge is 2.25. The van der Waals surface area contributed by atoms with Crippen LogP contribution in [0.15, 0.2) is 92.5 Å². The fourth-order valence-corrected chi connectivity index (χ4v) is 8.13. The first kappa shape index (κ1) is 17.7. The molecule has 0 saturated heterocycles. The Balaban J connectivity index is 1.88. The van der Waals surface area contributed by atoms with Gasteiger partial charge in [-0.1, -0.05) is 46.4 Å². The zero-order chi connectivity index (χ0) is 21.7. The summed E-state index contributed by atoms with van der Waals surface area (Å²) < 4.78 is 23.0. The first-order valence-corrected chi connectivity index (χ1v) is 12.7. The number of para-hydroxylation sites is 1. The van der Waals surface area contributed by atoms with Gasteiger partial charge in [-0.25, -0.2) is 0 Å². The van der Waals surface area contributed by atoms with E-state index < -0.39 is 7.74 Å². The molecular formula is C27H15NO3PS+. The summed E-state index contributed by atoms with van der Waals surface area (Å²) in [7, 11) is -1.26. The van der Waals surface area contributed by atoms with Crippen molar-refractivity contribution in [2.24, 2.45) is 0 Å². The third kappa shape index (κ3) is 2.18. The van der Waals surface area contributed by atoms with Crippen molar-refractivity contribution in [3.63, 3.8) is 0 Å². The number of nitrogens with zero attached hydrogens (tertiary/aromatic N) is 1. The molecule has 156 valence electrons. The maximum absolute atomic E-state index is 6.75. The Hall–Kier alpha value is -3.79. The molecular weight excluding hydrogens is 449 g/mol. The van der Waals surface area contributed by atoms with Gasteiger partial charge in [0.15, 0.2) is 11.1 Å². The van der Waals surface area contributed by atoms with Gasteiger partial charge >= 0.3 is 13.5 Å². The Bertz CT molecular complexity index is 2120. The van der Waals surface area contributed by atoms with Crippen LogP contribution in [0.4, 0.5) is 0 Å². The molecule has 8 rings (SSSR count). The average molecular weight is 464 g/mol. The lowest BCUT2D eigenvalue weighted by atomic mass is 10.0. The zero-order valence-electron chi connectivity index (χ0n) is 17.2. The summed E-state index contributed by atoms with van der Waals surface area (Å²) in [4.78, 5) is 0.918. The van der Waals surface area contributed by atoms with Crippen molar-refractivity contribution >= 4 is 89.3 Å². The van der Waals surface area contributed by atoms with Crippen molar-refractivity contribution in [1.82, 2.24) is 0 Å². The quantitative estimate of drug-likeness (QED) is 0.228. The Kier molecular flexibility index (Phi) is 3.31. The molecule has 0 aliphatic rings. The lowest BCUT2D eigenvalue weighted by molar-refractivity contribution is -0.446. The SMILES string of the molecule is C=Cc1c2ccc3sc4oc5ccc6c7ccccc7op(c6c5c4c13)[n+]1ccccc1o2. The molecule has 0 amide bonds. The minimum Gasteiger partial charge on any atom is -0.445 e. The molecule has 0 spiro atoms. The molecule has 0 N–H and O–H groups in total. The maximum Gasteiger partial charge on any atom is 0.382 e. The summed E-state index contributed by atoms with van der Waals surface area (Å²) in [5.74, 6) is 0. The number of fused-ring (bicyclic) bond motifs is 5. The van der Waals surface area contributed by atoms with E-state index in [1.807, 2.05) is 48.7 Å². The van der Waals surface area contributed by atoms with E-state index in [9.17, 15) is 0 Å². The van der Waals surface area contributed by atoms with Crippen LogP contribution in [0.5, 0.6) is 0 Å². The highest BCUT2D eigenvalue weighted by Crippen LogP contribution is 2.49. The van der Waals surface area contributed by atoms with E-state index in [0.717, 1.165) is 64.3 Å². The first-order chi connectivity index (χ1) is 16.3. The number of benzene rings is 3. The van der Waals surface area contributed by atoms with Crippen LogP contribution in [0, 0.1) is 0 Å². The van der Waals surface area contributed by atoms with Crippen LogP contribution in [0.25, 0.3) is 70.2 Å². The Labute approximate surface area is 191 Å². The van der Waals surface area contributed by atoms with E-state index in [2.05, 4.69) is 41.1 Å². The van der Waals surface area contributed by atoms with Gasteiger partial charge < -0.3 is 13.0 Å². The second-order valence-electron chi connectivity index (χ2n) is 8.10. The molecule has 4 nitrogen and oxygen atoms in total. The summed E-state index contributed by atoms with van der Waals surface area (Å²) in [6, 6.07) is 22.6. The molecule has 0 saturated carbocycles. The number of pyridine rings is 1. The van der Waals surface area contributed by atoms with Gasteiger partial charge in [0.2, 0.25) is 0 Å². The second kappa shape index (κ2) is 6.16. The highest BCUT2D eigenvalue weighted by atomic mass is 32.1. The predicted molar refractivity (Wildman–Crippen MR) is 136 cm³/mol. The van der Waals surface area contributed by atoms with E-state index in [0.29, 0.717) is 0 Å². The number of rotatable bonds is 1. The summed E-state index contributed by atoms with van der Waals surface area (Å²) >= 11 is 1.67. The van der Waals surface area contributed by atoms with Crippen molar-refractivity contribution < 1.29 is 17.2 Å². The van der Waals surface area contributed by atoms with Crippen molar-refractivity contribution in [2.75, 3.05) is 0 Å². The minimum atomic E-state index is -1.26. The number of thiophene rings is 1. The van der Waals surface area contributed by atoms with Crippen LogP contribution >= 0.6 is 19.1 Å². The van der Waals surface area contributed by atoms with Gasteiger partial charge in [-0.05, 0) is 36.4 Å². The van der Waals surface area contributed by atoms with Gasteiger partial charge in [0.05, 0.1) is 11.5 Å². The van der Waals surface area contributed by atoms with Gasteiger partial charge in [0, 0.05) is 37.9 Å². The molecule has 33 heavy (non-hydrogen) atoms. The monoisotopic (exact) mass is 464 g/mol. The van der Waals surface area contributed by atoms with E-state index in [4.69, 9.17) is 13.0 Å². The van der Waals surface area contributed by atoms with Crippen molar-refractivity contribution in [3.05, 3.63) is 85.1 Å². The van der Waals surface area contributed by atoms with E-state index in [1.54, 1.807) is 11.3 Å². The molecule has 1 unspecified atom stereocenters. The number of furan rings is 1. The van der Waals surface area contributed by atoms with Gasteiger partial charge in [0.1, 0.15) is 21.9 Å². The van der Waals surface area contributed by atoms with Gasteiger partial charge in [-0.15, -0.1) is 0 Å². The van der Waals surface area contributed by atoms with Crippen LogP contribution in [0.2, 0.25) is 0 Å². The van der Waals surface area contributed by atoms with Crippen LogP contribution in [-0.4, -0.2) is 0 Å². The average Bonchev–Trinajstić information content (AvgIpc) is 3.39. The number of hydrogen-bond donors (Lipinski definition) is 0. The molecule has 5 aromatic heterocycles. The largest absolute Gasteiger partial charge is 0.445 e. The summed E-state index contributed by atoms with van der Waals surface area (Å²) in [5, 5.41) is 6.81. The van der Waals surface area contributed by atoms with Gasteiger partial charge in [-0.3, -0.25) is 0 Å². The van der Waals surface area contributed by atoms with Crippen molar-refractivity contribution in [2.45, 2.75) is 0 Å². The molecule has 6 heteroatoms. The summed E-state index contributed by atoms with van der Waals surface area (Å²) in [6.45, 7) is 4.13. The molecule has 0 aliphatic heterocycles.